The van der Waals surface area contributed by atoms with Crippen molar-refractivity contribution in [1.29, 1.82) is 0 Å². The topological polar surface area (TPSA) is 41.9 Å². The van der Waals surface area contributed by atoms with Gasteiger partial charge in [0.15, 0.2) is 11.5 Å². The fourth-order valence-electron chi connectivity index (χ4n) is 2.34. The Morgan fingerprint density at radius 1 is 1.33 bits per heavy atom. The molecule has 0 spiro atoms. The second kappa shape index (κ2) is 4.78. The van der Waals surface area contributed by atoms with Crippen LogP contribution in [0.1, 0.15) is 24.5 Å². The molecule has 98 valence electrons. The highest BCUT2D eigenvalue weighted by atomic mass is 16.7. The third kappa shape index (κ3) is 2.60. The molecule has 1 heterocycles. The molecule has 0 amide bonds. The number of ether oxygens (including phenoxy) is 2. The normalized spacial score (nSPS) is 19.3. The van der Waals surface area contributed by atoms with Crippen LogP contribution in [0.3, 0.4) is 0 Å². The van der Waals surface area contributed by atoms with E-state index < -0.39 is 6.10 Å². The Labute approximate surface area is 107 Å². The van der Waals surface area contributed by atoms with Gasteiger partial charge in [-0.1, -0.05) is 6.07 Å². The second-order valence-corrected chi connectivity index (χ2v) is 5.29. The van der Waals surface area contributed by atoms with Gasteiger partial charge in [-0.25, -0.2) is 0 Å². The van der Waals surface area contributed by atoms with Gasteiger partial charge in [0, 0.05) is 13.1 Å². The van der Waals surface area contributed by atoms with E-state index in [-0.39, 0.29) is 6.79 Å². The molecule has 4 nitrogen and oxygen atoms in total. The van der Waals surface area contributed by atoms with E-state index in [0.29, 0.717) is 6.54 Å². The maximum Gasteiger partial charge on any atom is 0.231 e. The average Bonchev–Trinajstić information content (AvgIpc) is 3.03. The van der Waals surface area contributed by atoms with Gasteiger partial charge in [-0.3, -0.25) is 0 Å². The monoisotopic (exact) mass is 249 g/mol. The van der Waals surface area contributed by atoms with Crippen LogP contribution in [0.5, 0.6) is 11.5 Å². The molecule has 2 aliphatic rings. The molecule has 1 aromatic rings. The maximum absolute atomic E-state index is 10.2. The van der Waals surface area contributed by atoms with E-state index >= 15 is 0 Å². The van der Waals surface area contributed by atoms with E-state index in [0.717, 1.165) is 29.5 Å². The molecule has 1 N–H and O–H groups in total. The smallest absolute Gasteiger partial charge is 0.231 e. The number of benzene rings is 1. The number of aliphatic hydroxyl groups is 1. The summed E-state index contributed by atoms with van der Waals surface area (Å²) in [7, 11) is 2.06. The molecule has 1 aliphatic heterocycles. The van der Waals surface area contributed by atoms with E-state index in [9.17, 15) is 5.11 Å². The van der Waals surface area contributed by atoms with Gasteiger partial charge in [0.1, 0.15) is 0 Å². The number of hydrogen-bond donors (Lipinski definition) is 1. The summed E-state index contributed by atoms with van der Waals surface area (Å²) in [5, 5.41) is 10.2. The molecule has 1 saturated carbocycles. The Bertz CT molecular complexity index is 431. The number of fused-ring (bicyclic) bond motifs is 1. The molecule has 1 atom stereocenters. The predicted molar refractivity (Wildman–Crippen MR) is 67.7 cm³/mol. The van der Waals surface area contributed by atoms with Crippen molar-refractivity contribution < 1.29 is 14.6 Å². The Balaban J connectivity index is 1.62. The van der Waals surface area contributed by atoms with E-state index in [4.69, 9.17) is 9.47 Å². The summed E-state index contributed by atoms with van der Waals surface area (Å²) in [6.07, 6.45) is 2.21. The zero-order chi connectivity index (χ0) is 12.5. The molecule has 1 aromatic carbocycles. The first-order valence-electron chi connectivity index (χ1n) is 6.48. The minimum Gasteiger partial charge on any atom is -0.454 e. The minimum absolute atomic E-state index is 0.274. The van der Waals surface area contributed by atoms with Crippen LogP contribution in [0.15, 0.2) is 18.2 Å². The lowest BCUT2D eigenvalue weighted by Crippen LogP contribution is -2.26. The number of likely N-dealkylation sites (N-methyl/N-ethyl adjacent to an activating group) is 1. The third-order valence-electron chi connectivity index (χ3n) is 3.53. The van der Waals surface area contributed by atoms with E-state index in [2.05, 4.69) is 11.9 Å². The lowest BCUT2D eigenvalue weighted by molar-refractivity contribution is 0.124. The van der Waals surface area contributed by atoms with Crippen molar-refractivity contribution in [2.75, 3.05) is 26.9 Å². The second-order valence-electron chi connectivity index (χ2n) is 5.29. The maximum atomic E-state index is 10.2. The Morgan fingerprint density at radius 2 is 2.11 bits per heavy atom. The van der Waals surface area contributed by atoms with Crippen LogP contribution in [0.25, 0.3) is 0 Å². The molecular formula is C14H19NO3. The van der Waals surface area contributed by atoms with E-state index in [1.807, 2.05) is 18.2 Å². The minimum atomic E-state index is -0.469. The molecule has 1 fully saturated rings. The van der Waals surface area contributed by atoms with Gasteiger partial charge in [-0.2, -0.15) is 0 Å². The molecule has 0 bridgehead atoms. The molecular weight excluding hydrogens is 230 g/mol. The SMILES string of the molecule is CN(CC1CC1)CC(O)c1ccc2c(c1)OCO2. The average molecular weight is 249 g/mol. The van der Waals surface area contributed by atoms with Crippen molar-refractivity contribution in [2.45, 2.75) is 18.9 Å². The Hall–Kier alpha value is -1.26. The predicted octanol–water partition coefficient (Wildman–Crippen LogP) is 1.79. The standard InChI is InChI=1S/C14H19NO3/c1-15(7-10-2-3-10)8-12(16)11-4-5-13-14(6-11)18-9-17-13/h4-6,10,12,16H,2-3,7-9H2,1H3. The van der Waals surface area contributed by atoms with Gasteiger partial charge in [-0.15, -0.1) is 0 Å². The van der Waals surface area contributed by atoms with Crippen molar-refractivity contribution in [2.24, 2.45) is 5.92 Å². The summed E-state index contributed by atoms with van der Waals surface area (Å²) in [6, 6.07) is 5.64. The quantitative estimate of drug-likeness (QED) is 0.864. The summed E-state index contributed by atoms with van der Waals surface area (Å²) in [4.78, 5) is 2.20. The Morgan fingerprint density at radius 3 is 2.89 bits per heavy atom. The van der Waals surface area contributed by atoms with Crippen LogP contribution < -0.4 is 9.47 Å². The summed E-state index contributed by atoms with van der Waals surface area (Å²) in [5.41, 5.74) is 0.891. The van der Waals surface area contributed by atoms with E-state index in [1.165, 1.54) is 12.8 Å². The number of hydrogen-bond acceptors (Lipinski definition) is 4. The first kappa shape index (κ1) is 11.8. The van der Waals surface area contributed by atoms with Crippen LogP contribution in [0, 0.1) is 5.92 Å². The first-order chi connectivity index (χ1) is 8.72. The molecule has 4 heteroatoms. The lowest BCUT2D eigenvalue weighted by Gasteiger charge is -2.20. The van der Waals surface area contributed by atoms with Gasteiger partial charge in [0.2, 0.25) is 6.79 Å². The number of aliphatic hydroxyl groups excluding tert-OH is 1. The van der Waals surface area contributed by atoms with Crippen molar-refractivity contribution in [3.8, 4) is 11.5 Å². The highest BCUT2D eigenvalue weighted by Crippen LogP contribution is 2.34. The summed E-state index contributed by atoms with van der Waals surface area (Å²) >= 11 is 0. The highest BCUT2D eigenvalue weighted by Gasteiger charge is 2.24. The van der Waals surface area contributed by atoms with Gasteiger partial charge < -0.3 is 19.5 Å². The van der Waals surface area contributed by atoms with Crippen molar-refractivity contribution in [3.05, 3.63) is 23.8 Å². The number of nitrogens with zero attached hydrogens (tertiary/aromatic N) is 1. The van der Waals surface area contributed by atoms with Gasteiger partial charge in [-0.05, 0) is 43.5 Å². The van der Waals surface area contributed by atoms with Crippen molar-refractivity contribution in [1.82, 2.24) is 4.90 Å². The largest absolute Gasteiger partial charge is 0.454 e. The molecule has 3 rings (SSSR count). The fourth-order valence-corrected chi connectivity index (χ4v) is 2.34. The van der Waals surface area contributed by atoms with Crippen molar-refractivity contribution >= 4 is 0 Å². The van der Waals surface area contributed by atoms with Crippen molar-refractivity contribution in [3.63, 3.8) is 0 Å². The molecule has 0 saturated heterocycles. The molecule has 18 heavy (non-hydrogen) atoms. The van der Waals surface area contributed by atoms with E-state index in [1.54, 1.807) is 0 Å². The number of rotatable bonds is 5. The van der Waals surface area contributed by atoms with Crippen LogP contribution in [0.2, 0.25) is 0 Å². The third-order valence-corrected chi connectivity index (χ3v) is 3.53. The molecule has 1 aliphatic carbocycles. The molecule has 0 aromatic heterocycles. The zero-order valence-electron chi connectivity index (χ0n) is 10.6. The summed E-state index contributed by atoms with van der Waals surface area (Å²) in [5.74, 6) is 2.34. The summed E-state index contributed by atoms with van der Waals surface area (Å²) < 4.78 is 10.6. The fraction of sp³-hybridized carbons (Fsp3) is 0.571. The summed E-state index contributed by atoms with van der Waals surface area (Å²) in [6.45, 7) is 2.02. The van der Waals surface area contributed by atoms with Crippen LogP contribution in [0.4, 0.5) is 0 Å². The Kier molecular flexibility index (Phi) is 3.14. The first-order valence-corrected chi connectivity index (χ1v) is 6.48. The molecule has 0 radical (unpaired) electrons. The van der Waals surface area contributed by atoms with Gasteiger partial charge >= 0.3 is 0 Å². The van der Waals surface area contributed by atoms with Crippen LogP contribution in [-0.4, -0.2) is 36.9 Å². The zero-order valence-corrected chi connectivity index (χ0v) is 10.6. The van der Waals surface area contributed by atoms with Gasteiger partial charge in [0.25, 0.3) is 0 Å². The van der Waals surface area contributed by atoms with Crippen LogP contribution >= 0.6 is 0 Å². The van der Waals surface area contributed by atoms with Crippen LogP contribution in [-0.2, 0) is 0 Å². The lowest BCUT2D eigenvalue weighted by atomic mass is 10.1. The molecule has 1 unspecified atom stereocenters. The van der Waals surface area contributed by atoms with Gasteiger partial charge in [0.05, 0.1) is 6.10 Å². The highest BCUT2D eigenvalue weighted by molar-refractivity contribution is 5.45.